The van der Waals surface area contributed by atoms with Crippen LogP contribution in [0, 0.1) is 0 Å². The fourth-order valence-electron chi connectivity index (χ4n) is 3.27. The smallest absolute Gasteiger partial charge is 0.303 e. The van der Waals surface area contributed by atoms with Crippen LogP contribution >= 0.6 is 0 Å². The van der Waals surface area contributed by atoms with Gasteiger partial charge < -0.3 is 14.9 Å². The molecular weight excluding hydrogens is 340 g/mol. The van der Waals surface area contributed by atoms with Gasteiger partial charge in [-0.05, 0) is 30.4 Å². The molecular formula is C18H20N2O6. The maximum atomic E-state index is 12.5. The van der Waals surface area contributed by atoms with E-state index < -0.39 is 29.5 Å². The van der Waals surface area contributed by atoms with Gasteiger partial charge in [-0.15, -0.1) is 0 Å². The number of fused-ring (bicyclic) bond motifs is 1. The summed E-state index contributed by atoms with van der Waals surface area (Å²) in [5.41, 5.74) is 0.126. The highest BCUT2D eigenvalue weighted by atomic mass is 16.5. The molecule has 0 saturated carbocycles. The summed E-state index contributed by atoms with van der Waals surface area (Å²) in [5.74, 6) is -2.02. The van der Waals surface area contributed by atoms with Crippen LogP contribution in [0.3, 0.4) is 0 Å². The van der Waals surface area contributed by atoms with Gasteiger partial charge in [0.1, 0.15) is 17.0 Å². The van der Waals surface area contributed by atoms with E-state index in [0.717, 1.165) is 18.4 Å². The van der Waals surface area contributed by atoms with Gasteiger partial charge in [-0.2, -0.15) is 0 Å². The molecule has 138 valence electrons. The number of nitrogens with zero attached hydrogens (tertiary/aromatic N) is 2. The molecule has 1 aliphatic rings. The third-order valence-corrected chi connectivity index (χ3v) is 4.75. The van der Waals surface area contributed by atoms with E-state index in [9.17, 15) is 19.5 Å². The van der Waals surface area contributed by atoms with Crippen LogP contribution in [0.1, 0.15) is 47.5 Å². The second kappa shape index (κ2) is 7.25. The molecule has 2 aromatic rings. The van der Waals surface area contributed by atoms with Crippen molar-refractivity contribution < 1.29 is 24.5 Å². The first-order chi connectivity index (χ1) is 12.4. The van der Waals surface area contributed by atoms with Gasteiger partial charge in [-0.3, -0.25) is 19.0 Å². The molecule has 0 spiro atoms. The number of ketones is 1. The predicted molar refractivity (Wildman–Crippen MR) is 92.6 cm³/mol. The number of carboxylic acid groups (broad SMARTS) is 1. The largest absolute Gasteiger partial charge is 0.506 e. The van der Waals surface area contributed by atoms with Crippen molar-refractivity contribution in [2.45, 2.75) is 31.6 Å². The SMILES string of the molecule is Cn1c(=O)c(C(=O)CCC(=O)O)c(O)c2cc(C3CCOCC3)cnc21. The Hall–Kier alpha value is -2.74. The molecule has 2 aromatic heterocycles. The zero-order chi connectivity index (χ0) is 18.8. The molecule has 3 heterocycles. The molecule has 0 bridgehead atoms. The summed E-state index contributed by atoms with van der Waals surface area (Å²) in [6.45, 7) is 1.31. The number of carbonyl (C=O) groups excluding carboxylic acids is 1. The van der Waals surface area contributed by atoms with Crippen LogP contribution < -0.4 is 5.56 Å². The quantitative estimate of drug-likeness (QED) is 0.777. The topological polar surface area (TPSA) is 119 Å². The van der Waals surface area contributed by atoms with Gasteiger partial charge in [0.05, 0.1) is 11.8 Å². The van der Waals surface area contributed by atoms with E-state index in [2.05, 4.69) is 4.98 Å². The Bertz CT molecular complexity index is 927. The number of hydrogen-bond donors (Lipinski definition) is 2. The van der Waals surface area contributed by atoms with E-state index in [-0.39, 0.29) is 23.5 Å². The lowest BCUT2D eigenvalue weighted by molar-refractivity contribution is -0.136. The minimum atomic E-state index is -1.14. The zero-order valence-electron chi connectivity index (χ0n) is 14.4. The minimum absolute atomic E-state index is 0.239. The number of ether oxygens (including phenoxy) is 1. The Labute approximate surface area is 149 Å². The minimum Gasteiger partial charge on any atom is -0.506 e. The first-order valence-corrected chi connectivity index (χ1v) is 8.44. The maximum Gasteiger partial charge on any atom is 0.303 e. The van der Waals surface area contributed by atoms with E-state index in [1.165, 1.54) is 11.6 Å². The lowest BCUT2D eigenvalue weighted by atomic mass is 9.92. The number of pyridine rings is 2. The molecule has 1 saturated heterocycles. The lowest BCUT2D eigenvalue weighted by Crippen LogP contribution is -2.26. The molecule has 8 heteroatoms. The Morgan fingerprint density at radius 1 is 1.31 bits per heavy atom. The first kappa shape index (κ1) is 18.1. The van der Waals surface area contributed by atoms with Gasteiger partial charge in [0, 0.05) is 32.9 Å². The molecule has 0 unspecified atom stereocenters. The van der Waals surface area contributed by atoms with Gasteiger partial charge in [-0.1, -0.05) is 0 Å². The Morgan fingerprint density at radius 2 is 2.00 bits per heavy atom. The van der Waals surface area contributed by atoms with Crippen LogP contribution in [-0.2, 0) is 16.6 Å². The van der Waals surface area contributed by atoms with Crippen LogP contribution in [0.4, 0.5) is 0 Å². The van der Waals surface area contributed by atoms with Crippen molar-refractivity contribution in [2.75, 3.05) is 13.2 Å². The molecule has 8 nitrogen and oxygen atoms in total. The van der Waals surface area contributed by atoms with E-state index in [0.29, 0.717) is 18.6 Å². The highest BCUT2D eigenvalue weighted by Gasteiger charge is 2.24. The fraction of sp³-hybridized carbons (Fsp3) is 0.444. The average Bonchev–Trinajstić information content (AvgIpc) is 2.65. The average molecular weight is 360 g/mol. The molecule has 2 N–H and O–H groups in total. The summed E-state index contributed by atoms with van der Waals surface area (Å²) >= 11 is 0. The third-order valence-electron chi connectivity index (χ3n) is 4.75. The molecule has 1 fully saturated rings. The number of aryl methyl sites for hydroxylation is 1. The Balaban J connectivity index is 2.09. The summed E-state index contributed by atoms with van der Waals surface area (Å²) in [7, 11) is 1.47. The summed E-state index contributed by atoms with van der Waals surface area (Å²) < 4.78 is 6.56. The molecule has 3 rings (SSSR count). The predicted octanol–water partition coefficient (Wildman–Crippen LogP) is 1.58. The Morgan fingerprint density at radius 3 is 2.65 bits per heavy atom. The monoisotopic (exact) mass is 360 g/mol. The number of rotatable bonds is 5. The lowest BCUT2D eigenvalue weighted by Gasteiger charge is -2.22. The second-order valence-corrected chi connectivity index (χ2v) is 6.43. The number of Topliss-reactive ketones (excluding diaryl/α,β-unsaturated/α-hetero) is 1. The second-order valence-electron chi connectivity index (χ2n) is 6.43. The normalized spacial score (nSPS) is 15.3. The number of aliphatic carboxylic acids is 1. The molecule has 0 aliphatic carbocycles. The number of carboxylic acids is 1. The van der Waals surface area contributed by atoms with Crippen molar-refractivity contribution in [2.24, 2.45) is 7.05 Å². The molecule has 0 aromatic carbocycles. The van der Waals surface area contributed by atoms with Gasteiger partial charge in [0.15, 0.2) is 5.78 Å². The van der Waals surface area contributed by atoms with Crippen LogP contribution in [0.5, 0.6) is 5.75 Å². The van der Waals surface area contributed by atoms with Gasteiger partial charge in [0.2, 0.25) is 0 Å². The van der Waals surface area contributed by atoms with Crippen molar-refractivity contribution >= 4 is 22.8 Å². The number of carbonyl (C=O) groups is 2. The molecule has 0 atom stereocenters. The maximum absolute atomic E-state index is 12.5. The van der Waals surface area contributed by atoms with Crippen molar-refractivity contribution in [3.05, 3.63) is 33.7 Å². The van der Waals surface area contributed by atoms with Crippen LogP contribution in [0.2, 0.25) is 0 Å². The summed E-state index contributed by atoms with van der Waals surface area (Å²) in [6.07, 6.45) is 2.61. The molecule has 0 radical (unpaired) electrons. The van der Waals surface area contributed by atoms with Gasteiger partial charge in [-0.25, -0.2) is 4.98 Å². The van der Waals surface area contributed by atoms with E-state index in [1.54, 1.807) is 12.3 Å². The van der Waals surface area contributed by atoms with Crippen molar-refractivity contribution in [1.29, 1.82) is 0 Å². The van der Waals surface area contributed by atoms with Crippen LogP contribution in [0.15, 0.2) is 17.1 Å². The molecule has 0 amide bonds. The van der Waals surface area contributed by atoms with Crippen molar-refractivity contribution in [3.8, 4) is 5.75 Å². The zero-order valence-corrected chi connectivity index (χ0v) is 14.4. The fourth-order valence-corrected chi connectivity index (χ4v) is 3.27. The Kier molecular flexibility index (Phi) is 5.03. The van der Waals surface area contributed by atoms with Crippen LogP contribution in [0.25, 0.3) is 11.0 Å². The highest BCUT2D eigenvalue weighted by molar-refractivity contribution is 6.03. The third kappa shape index (κ3) is 3.32. The summed E-state index contributed by atoms with van der Waals surface area (Å²) in [5, 5.41) is 19.6. The van der Waals surface area contributed by atoms with Gasteiger partial charge >= 0.3 is 5.97 Å². The number of hydrogen-bond acceptors (Lipinski definition) is 6. The summed E-state index contributed by atoms with van der Waals surface area (Å²) in [4.78, 5) is 39.7. The van der Waals surface area contributed by atoms with E-state index >= 15 is 0 Å². The number of aromatic hydroxyl groups is 1. The standard InChI is InChI=1S/C18H20N2O6/c1-20-17-12(8-11(9-19-17)10-4-6-26-7-5-10)16(24)15(18(20)25)13(21)2-3-14(22)23/h8-10,24H,2-7H2,1H3,(H,22,23). The highest BCUT2D eigenvalue weighted by Crippen LogP contribution is 2.32. The van der Waals surface area contributed by atoms with E-state index in [4.69, 9.17) is 9.84 Å². The first-order valence-electron chi connectivity index (χ1n) is 8.44. The number of aromatic nitrogens is 2. The van der Waals surface area contributed by atoms with E-state index in [1.807, 2.05) is 0 Å². The van der Waals surface area contributed by atoms with Crippen molar-refractivity contribution in [3.63, 3.8) is 0 Å². The summed E-state index contributed by atoms with van der Waals surface area (Å²) in [6, 6.07) is 1.75. The van der Waals surface area contributed by atoms with Gasteiger partial charge in [0.25, 0.3) is 5.56 Å². The van der Waals surface area contributed by atoms with Crippen LogP contribution in [-0.4, -0.2) is 44.7 Å². The molecule has 26 heavy (non-hydrogen) atoms. The molecule has 1 aliphatic heterocycles. The van der Waals surface area contributed by atoms with Crippen molar-refractivity contribution in [1.82, 2.24) is 9.55 Å².